The van der Waals surface area contributed by atoms with Gasteiger partial charge in [0.1, 0.15) is 12.0 Å². The summed E-state index contributed by atoms with van der Waals surface area (Å²) in [5, 5.41) is 3.76. The molecule has 2 nitrogen and oxygen atoms in total. The van der Waals surface area contributed by atoms with Crippen molar-refractivity contribution in [1.82, 2.24) is 0 Å². The maximum Gasteiger partial charge on any atom is 0.318 e. The van der Waals surface area contributed by atoms with Crippen LogP contribution in [0.15, 0.2) is 127 Å². The molecule has 34 heavy (non-hydrogen) atoms. The lowest BCUT2D eigenvalue weighted by Gasteiger charge is -2.25. The standard InChI is InChI=1S/C31H29O2P/c1-22(2)30(23(3)4)33-31(32)28-20-13-19-26(28)27-18-11-12-21-29(27)34(24-14-7-5-8-15-24)25-16-9-6-10-17-25/h5-21,28,30H,1,3H2,2,4H3. The quantitative estimate of drug-likeness (QED) is 0.230. The van der Waals surface area contributed by atoms with Crippen LogP contribution in [0.1, 0.15) is 19.4 Å². The van der Waals surface area contributed by atoms with Crippen molar-refractivity contribution in [1.29, 1.82) is 0 Å². The molecule has 3 aromatic carbocycles. The molecule has 1 atom stereocenters. The van der Waals surface area contributed by atoms with Gasteiger partial charge in [0.2, 0.25) is 0 Å². The van der Waals surface area contributed by atoms with Gasteiger partial charge in [0.25, 0.3) is 0 Å². The van der Waals surface area contributed by atoms with Crippen molar-refractivity contribution in [2.45, 2.75) is 20.0 Å². The molecule has 0 heterocycles. The molecule has 1 aliphatic rings. The topological polar surface area (TPSA) is 26.3 Å². The Balaban J connectivity index is 1.75. The summed E-state index contributed by atoms with van der Waals surface area (Å²) in [5.74, 6) is -0.750. The first-order chi connectivity index (χ1) is 16.5. The predicted molar refractivity (Wildman–Crippen MR) is 145 cm³/mol. The summed E-state index contributed by atoms with van der Waals surface area (Å²) in [7, 11) is -0.807. The number of esters is 1. The second-order valence-electron chi connectivity index (χ2n) is 8.52. The van der Waals surface area contributed by atoms with Gasteiger partial charge in [-0.15, -0.1) is 0 Å². The van der Waals surface area contributed by atoms with Crippen LogP contribution in [0.5, 0.6) is 0 Å². The Kier molecular flexibility index (Phi) is 7.40. The highest BCUT2D eigenvalue weighted by atomic mass is 31.1. The monoisotopic (exact) mass is 464 g/mol. The molecule has 0 radical (unpaired) electrons. The number of carbonyl (C=O) groups is 1. The summed E-state index contributed by atoms with van der Waals surface area (Å²) in [6.45, 7) is 11.7. The zero-order chi connectivity index (χ0) is 24.1. The lowest BCUT2D eigenvalue weighted by Crippen LogP contribution is -2.27. The third-order valence-electron chi connectivity index (χ3n) is 5.78. The average Bonchev–Trinajstić information content (AvgIpc) is 3.34. The van der Waals surface area contributed by atoms with Crippen molar-refractivity contribution in [2.75, 3.05) is 0 Å². The summed E-state index contributed by atoms with van der Waals surface area (Å²) in [4.78, 5) is 13.3. The van der Waals surface area contributed by atoms with E-state index in [9.17, 15) is 4.79 Å². The van der Waals surface area contributed by atoms with Crippen LogP contribution in [0.25, 0.3) is 5.57 Å². The minimum Gasteiger partial charge on any atom is -0.453 e. The van der Waals surface area contributed by atoms with Crippen molar-refractivity contribution in [2.24, 2.45) is 5.92 Å². The summed E-state index contributed by atoms with van der Waals surface area (Å²) in [6.07, 6.45) is 5.41. The normalized spacial score (nSPS) is 14.8. The lowest BCUT2D eigenvalue weighted by molar-refractivity contribution is -0.147. The minimum absolute atomic E-state index is 0.283. The molecule has 170 valence electrons. The third kappa shape index (κ3) is 5.03. The molecule has 3 aromatic rings. The van der Waals surface area contributed by atoms with Crippen LogP contribution >= 0.6 is 7.92 Å². The second-order valence-corrected chi connectivity index (χ2v) is 10.7. The van der Waals surface area contributed by atoms with E-state index in [0.29, 0.717) is 0 Å². The van der Waals surface area contributed by atoms with E-state index in [-0.39, 0.29) is 5.97 Å². The van der Waals surface area contributed by atoms with E-state index in [2.05, 4.69) is 79.9 Å². The van der Waals surface area contributed by atoms with Gasteiger partial charge in [-0.05, 0) is 60.0 Å². The smallest absolute Gasteiger partial charge is 0.318 e. The fourth-order valence-electron chi connectivity index (χ4n) is 4.25. The van der Waals surface area contributed by atoms with Crippen LogP contribution in [0.4, 0.5) is 0 Å². The van der Waals surface area contributed by atoms with Crippen LogP contribution in [0, 0.1) is 5.92 Å². The molecular weight excluding hydrogens is 435 g/mol. The number of ether oxygens (including phenoxy) is 1. The van der Waals surface area contributed by atoms with Gasteiger partial charge >= 0.3 is 5.97 Å². The van der Waals surface area contributed by atoms with E-state index >= 15 is 0 Å². The summed E-state index contributed by atoms with van der Waals surface area (Å²) < 4.78 is 5.85. The van der Waals surface area contributed by atoms with Crippen molar-refractivity contribution in [3.8, 4) is 0 Å². The van der Waals surface area contributed by atoms with Gasteiger partial charge in [0.05, 0.1) is 0 Å². The molecule has 0 aliphatic heterocycles. The first kappa shape index (κ1) is 23.7. The van der Waals surface area contributed by atoms with Gasteiger partial charge in [0.15, 0.2) is 0 Å². The molecule has 1 aliphatic carbocycles. The molecule has 0 amide bonds. The number of hydrogen-bond donors (Lipinski definition) is 0. The minimum atomic E-state index is -0.807. The van der Waals surface area contributed by atoms with Crippen LogP contribution in [-0.4, -0.2) is 12.1 Å². The van der Waals surface area contributed by atoms with E-state index in [1.54, 1.807) is 0 Å². The van der Waals surface area contributed by atoms with E-state index < -0.39 is 19.9 Å². The summed E-state index contributed by atoms with van der Waals surface area (Å²) in [6, 6.07) is 29.6. The SMILES string of the molecule is C=C(C)C(OC(=O)C1C=CC=C1c1ccccc1P(c1ccccc1)c1ccccc1)C(=C)C. The van der Waals surface area contributed by atoms with Crippen molar-refractivity contribution < 1.29 is 9.53 Å². The van der Waals surface area contributed by atoms with Gasteiger partial charge in [0, 0.05) is 0 Å². The molecular formula is C31H29O2P. The maximum atomic E-state index is 13.3. The molecule has 1 unspecified atom stereocenters. The number of benzene rings is 3. The predicted octanol–water partition coefficient (Wildman–Crippen LogP) is 6.08. The van der Waals surface area contributed by atoms with Gasteiger partial charge in [-0.25, -0.2) is 0 Å². The fourth-order valence-corrected chi connectivity index (χ4v) is 6.72. The van der Waals surface area contributed by atoms with Crippen molar-refractivity contribution in [3.63, 3.8) is 0 Å². The third-order valence-corrected chi connectivity index (χ3v) is 8.28. The maximum absolute atomic E-state index is 13.3. The van der Waals surface area contributed by atoms with Crippen LogP contribution in [-0.2, 0) is 9.53 Å². The number of allylic oxidation sites excluding steroid dienone is 2. The molecule has 0 saturated carbocycles. The van der Waals surface area contributed by atoms with Crippen LogP contribution < -0.4 is 15.9 Å². The highest BCUT2D eigenvalue weighted by Crippen LogP contribution is 2.39. The van der Waals surface area contributed by atoms with Crippen molar-refractivity contribution in [3.05, 3.63) is 133 Å². The number of carbonyl (C=O) groups excluding carboxylic acids is 1. The van der Waals surface area contributed by atoms with Gasteiger partial charge in [-0.3, -0.25) is 4.79 Å². The van der Waals surface area contributed by atoms with Gasteiger partial charge in [-0.2, -0.15) is 0 Å². The summed E-state index contributed by atoms with van der Waals surface area (Å²) >= 11 is 0. The largest absolute Gasteiger partial charge is 0.453 e. The highest BCUT2D eigenvalue weighted by Gasteiger charge is 2.31. The second kappa shape index (κ2) is 10.6. The summed E-state index contributed by atoms with van der Waals surface area (Å²) in [5.41, 5.74) is 3.58. The van der Waals surface area contributed by atoms with Crippen LogP contribution in [0.2, 0.25) is 0 Å². The lowest BCUT2D eigenvalue weighted by atomic mass is 9.95. The van der Waals surface area contributed by atoms with Gasteiger partial charge in [-0.1, -0.05) is 116 Å². The molecule has 4 rings (SSSR count). The first-order valence-electron chi connectivity index (χ1n) is 11.4. The fraction of sp³-hybridized carbons (Fsp3) is 0.129. The van der Waals surface area contributed by atoms with Crippen molar-refractivity contribution >= 4 is 35.4 Å². The Morgan fingerprint density at radius 3 is 1.91 bits per heavy atom. The van der Waals surface area contributed by atoms with Crippen LogP contribution in [0.3, 0.4) is 0 Å². The zero-order valence-electron chi connectivity index (χ0n) is 19.6. The van der Waals surface area contributed by atoms with Gasteiger partial charge < -0.3 is 4.74 Å². The highest BCUT2D eigenvalue weighted by molar-refractivity contribution is 7.80. The Hall–Kier alpha value is -3.48. The van der Waals surface area contributed by atoms with E-state index in [1.165, 1.54) is 15.9 Å². The van der Waals surface area contributed by atoms with E-state index in [0.717, 1.165) is 22.3 Å². The van der Waals surface area contributed by atoms with E-state index in [4.69, 9.17) is 4.74 Å². The molecule has 0 fully saturated rings. The Labute approximate surface area is 203 Å². The number of rotatable bonds is 8. The molecule has 0 spiro atoms. The Morgan fingerprint density at radius 1 is 0.824 bits per heavy atom. The molecule has 0 aromatic heterocycles. The zero-order valence-corrected chi connectivity index (χ0v) is 20.5. The molecule has 3 heteroatoms. The average molecular weight is 465 g/mol. The first-order valence-corrected chi connectivity index (χ1v) is 12.7. The molecule has 0 N–H and O–H groups in total. The Bertz CT molecular complexity index is 1200. The Morgan fingerprint density at radius 2 is 1.35 bits per heavy atom. The van der Waals surface area contributed by atoms with E-state index in [1.807, 2.05) is 50.3 Å². The number of hydrogen-bond acceptors (Lipinski definition) is 2. The molecule has 0 bridgehead atoms. The molecule has 0 saturated heterocycles.